The van der Waals surface area contributed by atoms with E-state index in [2.05, 4.69) is 39.2 Å². The van der Waals surface area contributed by atoms with Gasteiger partial charge in [-0.1, -0.05) is 23.8 Å². The minimum Gasteiger partial charge on any atom is -0.292 e. The van der Waals surface area contributed by atoms with E-state index in [1.165, 1.54) is 5.56 Å². The molecule has 0 saturated heterocycles. The predicted octanol–water partition coefficient (Wildman–Crippen LogP) is 3.22. The summed E-state index contributed by atoms with van der Waals surface area (Å²) in [6.07, 6.45) is 2.06. The summed E-state index contributed by atoms with van der Waals surface area (Å²) in [7, 11) is 1.78. The molecule has 2 aromatic rings. The van der Waals surface area contributed by atoms with Crippen molar-refractivity contribution in [2.75, 3.05) is 0 Å². The first kappa shape index (κ1) is 13.0. The molecular formula is C14H15BrN2O. The third kappa shape index (κ3) is 2.53. The van der Waals surface area contributed by atoms with Gasteiger partial charge in [0.05, 0.1) is 10.7 Å². The Morgan fingerprint density at radius 2 is 2.11 bits per heavy atom. The zero-order chi connectivity index (χ0) is 13.3. The van der Waals surface area contributed by atoms with Crippen molar-refractivity contribution in [2.45, 2.75) is 20.3 Å². The second-order valence-corrected chi connectivity index (χ2v) is 5.35. The Kier molecular flexibility index (Phi) is 3.66. The zero-order valence-electron chi connectivity index (χ0n) is 10.7. The smallest absolute Gasteiger partial charge is 0.186 e. The number of hydrogen-bond donors (Lipinski definition) is 0. The first-order valence-electron chi connectivity index (χ1n) is 5.76. The Hall–Kier alpha value is -1.42. The van der Waals surface area contributed by atoms with Crippen LogP contribution >= 0.6 is 15.9 Å². The number of Topliss-reactive ketones (excluding diaryl/α,β-unsaturated/α-hetero) is 1. The lowest BCUT2D eigenvalue weighted by Crippen LogP contribution is -2.11. The Morgan fingerprint density at radius 1 is 1.39 bits per heavy atom. The monoisotopic (exact) mass is 306 g/mol. The van der Waals surface area contributed by atoms with Crippen molar-refractivity contribution in [3.05, 3.63) is 51.3 Å². The van der Waals surface area contributed by atoms with Gasteiger partial charge in [0.1, 0.15) is 5.69 Å². The Labute approximate surface area is 115 Å². The molecule has 2 rings (SSSR count). The van der Waals surface area contributed by atoms with Crippen molar-refractivity contribution >= 4 is 21.7 Å². The van der Waals surface area contributed by atoms with Crippen LogP contribution in [0.25, 0.3) is 0 Å². The molecule has 4 heteroatoms. The van der Waals surface area contributed by atoms with Crippen molar-refractivity contribution in [2.24, 2.45) is 7.05 Å². The summed E-state index contributed by atoms with van der Waals surface area (Å²) in [5.74, 6) is 0.0792. The number of nitrogens with zero attached hydrogens (tertiary/aromatic N) is 2. The molecule has 94 valence electrons. The van der Waals surface area contributed by atoms with Crippen LogP contribution in [-0.2, 0) is 13.5 Å². The maximum atomic E-state index is 12.3. The predicted molar refractivity (Wildman–Crippen MR) is 74.9 cm³/mol. The summed E-state index contributed by atoms with van der Waals surface area (Å²) in [6, 6.07) is 6.18. The lowest BCUT2D eigenvalue weighted by Gasteiger charge is -2.07. The molecule has 0 N–H and O–H groups in total. The van der Waals surface area contributed by atoms with Crippen LogP contribution in [0.1, 0.15) is 27.2 Å². The van der Waals surface area contributed by atoms with Crippen molar-refractivity contribution in [3.63, 3.8) is 0 Å². The molecule has 1 aromatic heterocycles. The van der Waals surface area contributed by atoms with Crippen LogP contribution in [0.2, 0.25) is 0 Å². The topological polar surface area (TPSA) is 34.9 Å². The van der Waals surface area contributed by atoms with E-state index in [1.807, 2.05) is 13.8 Å². The highest BCUT2D eigenvalue weighted by Crippen LogP contribution is 2.19. The van der Waals surface area contributed by atoms with Gasteiger partial charge in [-0.15, -0.1) is 0 Å². The van der Waals surface area contributed by atoms with Crippen molar-refractivity contribution in [1.82, 2.24) is 9.78 Å². The van der Waals surface area contributed by atoms with Gasteiger partial charge >= 0.3 is 0 Å². The second kappa shape index (κ2) is 5.06. The van der Waals surface area contributed by atoms with Gasteiger partial charge in [-0.2, -0.15) is 5.10 Å². The number of halogens is 1. The van der Waals surface area contributed by atoms with E-state index in [-0.39, 0.29) is 5.78 Å². The van der Waals surface area contributed by atoms with Crippen molar-refractivity contribution in [1.29, 1.82) is 0 Å². The maximum Gasteiger partial charge on any atom is 0.186 e. The number of benzene rings is 1. The summed E-state index contributed by atoms with van der Waals surface area (Å²) >= 11 is 3.36. The first-order valence-corrected chi connectivity index (χ1v) is 6.55. The van der Waals surface area contributed by atoms with Crippen molar-refractivity contribution < 1.29 is 4.79 Å². The van der Waals surface area contributed by atoms with Gasteiger partial charge in [-0.05, 0) is 40.9 Å². The van der Waals surface area contributed by atoms with Crippen LogP contribution in [0.5, 0.6) is 0 Å². The maximum absolute atomic E-state index is 12.3. The number of aryl methyl sites for hydroxylation is 3. The summed E-state index contributed by atoms with van der Waals surface area (Å²) in [5.41, 5.74) is 4.02. The number of ketones is 1. The average Bonchev–Trinajstić information content (AvgIpc) is 2.63. The lowest BCUT2D eigenvalue weighted by molar-refractivity contribution is 0.0983. The minimum atomic E-state index is 0.0792. The van der Waals surface area contributed by atoms with Gasteiger partial charge in [0, 0.05) is 13.5 Å². The number of carbonyl (C=O) groups is 1. The number of rotatable bonds is 3. The van der Waals surface area contributed by atoms with E-state index in [0.29, 0.717) is 12.1 Å². The van der Waals surface area contributed by atoms with Gasteiger partial charge < -0.3 is 0 Å². The number of aromatic nitrogens is 2. The van der Waals surface area contributed by atoms with Crippen LogP contribution in [0.15, 0.2) is 28.9 Å². The molecule has 1 heterocycles. The van der Waals surface area contributed by atoms with E-state index < -0.39 is 0 Å². The highest BCUT2D eigenvalue weighted by Gasteiger charge is 2.16. The van der Waals surface area contributed by atoms with Crippen LogP contribution in [0.3, 0.4) is 0 Å². The fourth-order valence-electron chi connectivity index (χ4n) is 1.97. The Morgan fingerprint density at radius 3 is 2.72 bits per heavy atom. The van der Waals surface area contributed by atoms with Gasteiger partial charge in [0.2, 0.25) is 0 Å². The highest BCUT2D eigenvalue weighted by atomic mass is 79.9. The van der Waals surface area contributed by atoms with Gasteiger partial charge in [0.25, 0.3) is 0 Å². The molecule has 1 aromatic carbocycles. The van der Waals surface area contributed by atoms with E-state index in [4.69, 9.17) is 0 Å². The number of carbonyl (C=O) groups excluding carboxylic acids is 1. The normalized spacial score (nSPS) is 10.7. The SMILES string of the molecule is Cc1ccc(C)c(CC(=O)c2c(Br)cnn2C)c1. The van der Waals surface area contributed by atoms with Crippen LogP contribution in [0.4, 0.5) is 0 Å². The molecule has 0 unspecified atom stereocenters. The zero-order valence-corrected chi connectivity index (χ0v) is 12.3. The standard InChI is InChI=1S/C14H15BrN2O/c1-9-4-5-10(2)11(6-9)7-13(18)14-12(15)8-16-17(14)3/h4-6,8H,7H2,1-3H3. The Balaban J connectivity index is 2.30. The van der Waals surface area contributed by atoms with Crippen molar-refractivity contribution in [3.8, 4) is 0 Å². The largest absolute Gasteiger partial charge is 0.292 e. The molecular weight excluding hydrogens is 292 g/mol. The summed E-state index contributed by atoms with van der Waals surface area (Å²) < 4.78 is 2.36. The molecule has 0 aliphatic rings. The first-order chi connectivity index (χ1) is 8.49. The fraction of sp³-hybridized carbons (Fsp3) is 0.286. The molecule has 0 atom stereocenters. The van der Waals surface area contributed by atoms with Crippen LogP contribution in [-0.4, -0.2) is 15.6 Å². The van der Waals surface area contributed by atoms with Gasteiger partial charge in [-0.25, -0.2) is 0 Å². The third-order valence-electron chi connectivity index (χ3n) is 3.01. The molecule has 0 aliphatic heterocycles. The second-order valence-electron chi connectivity index (χ2n) is 4.49. The van der Waals surface area contributed by atoms with E-state index in [9.17, 15) is 4.79 Å². The molecule has 0 fully saturated rings. The van der Waals surface area contributed by atoms with E-state index >= 15 is 0 Å². The quantitative estimate of drug-likeness (QED) is 0.816. The van der Waals surface area contributed by atoms with Crippen LogP contribution in [0, 0.1) is 13.8 Å². The molecule has 0 radical (unpaired) electrons. The summed E-state index contributed by atoms with van der Waals surface area (Å²) in [4.78, 5) is 12.3. The van der Waals surface area contributed by atoms with Crippen LogP contribution < -0.4 is 0 Å². The highest BCUT2D eigenvalue weighted by molar-refractivity contribution is 9.10. The molecule has 0 spiro atoms. The Bertz CT molecular complexity index is 582. The minimum absolute atomic E-state index is 0.0792. The fourth-order valence-corrected chi connectivity index (χ4v) is 2.54. The number of hydrogen-bond acceptors (Lipinski definition) is 2. The third-order valence-corrected chi connectivity index (χ3v) is 3.59. The molecule has 0 aliphatic carbocycles. The van der Waals surface area contributed by atoms with Gasteiger partial charge in [-0.3, -0.25) is 9.48 Å². The lowest BCUT2D eigenvalue weighted by atomic mass is 10.00. The molecule has 0 bridgehead atoms. The molecule has 0 saturated carbocycles. The molecule has 18 heavy (non-hydrogen) atoms. The van der Waals surface area contributed by atoms with E-state index in [1.54, 1.807) is 17.9 Å². The molecule has 0 amide bonds. The molecule has 3 nitrogen and oxygen atoms in total. The van der Waals surface area contributed by atoms with Gasteiger partial charge in [0.15, 0.2) is 5.78 Å². The average molecular weight is 307 g/mol. The summed E-state index contributed by atoms with van der Waals surface area (Å²) in [5, 5.41) is 4.07. The van der Waals surface area contributed by atoms with E-state index in [0.717, 1.165) is 15.6 Å². The summed E-state index contributed by atoms with van der Waals surface area (Å²) in [6.45, 7) is 4.06.